The fourth-order valence-electron chi connectivity index (χ4n) is 1.79. The van der Waals surface area contributed by atoms with E-state index in [-0.39, 0.29) is 6.09 Å². The van der Waals surface area contributed by atoms with Crippen LogP contribution in [0, 0.1) is 3.57 Å². The number of anilines is 1. The standard InChI is InChI=1S/C16H18INO3/c1-16(2,3)21-15(19)18(11-12-7-6-10-20-12)14-9-5-4-8-13(14)17/h4-10H,11H2,1-3H3. The number of benzene rings is 1. The van der Waals surface area contributed by atoms with E-state index in [1.54, 1.807) is 17.2 Å². The summed E-state index contributed by atoms with van der Waals surface area (Å²) in [5.74, 6) is 0.709. The molecule has 0 spiro atoms. The van der Waals surface area contributed by atoms with Gasteiger partial charge in [-0.2, -0.15) is 0 Å². The number of para-hydroxylation sites is 1. The second kappa shape index (κ2) is 6.51. The number of halogens is 1. The number of ether oxygens (including phenoxy) is 1. The van der Waals surface area contributed by atoms with E-state index in [9.17, 15) is 4.79 Å². The van der Waals surface area contributed by atoms with Crippen LogP contribution in [0.5, 0.6) is 0 Å². The lowest BCUT2D eigenvalue weighted by Crippen LogP contribution is -2.36. The van der Waals surface area contributed by atoms with E-state index in [4.69, 9.17) is 9.15 Å². The van der Waals surface area contributed by atoms with Gasteiger partial charge in [0.05, 0.1) is 18.5 Å². The highest BCUT2D eigenvalue weighted by molar-refractivity contribution is 14.1. The summed E-state index contributed by atoms with van der Waals surface area (Å²) in [6.45, 7) is 5.89. The van der Waals surface area contributed by atoms with Crippen LogP contribution in [0.25, 0.3) is 0 Å². The maximum Gasteiger partial charge on any atom is 0.415 e. The van der Waals surface area contributed by atoms with Crippen molar-refractivity contribution >= 4 is 34.4 Å². The van der Waals surface area contributed by atoms with Crippen LogP contribution in [0.1, 0.15) is 26.5 Å². The number of hydrogen-bond donors (Lipinski definition) is 0. The number of carbonyl (C=O) groups is 1. The summed E-state index contributed by atoms with van der Waals surface area (Å²) in [5, 5.41) is 0. The minimum atomic E-state index is -0.543. The summed E-state index contributed by atoms with van der Waals surface area (Å²) in [5.41, 5.74) is 0.266. The van der Waals surface area contributed by atoms with Gasteiger partial charge >= 0.3 is 6.09 Å². The van der Waals surface area contributed by atoms with Crippen LogP contribution in [0.3, 0.4) is 0 Å². The molecule has 1 heterocycles. The first kappa shape index (κ1) is 15.9. The van der Waals surface area contributed by atoms with E-state index >= 15 is 0 Å². The number of carbonyl (C=O) groups excluding carboxylic acids is 1. The smallest absolute Gasteiger partial charge is 0.415 e. The van der Waals surface area contributed by atoms with Gasteiger partial charge in [-0.1, -0.05) is 12.1 Å². The first-order chi connectivity index (χ1) is 9.87. The third kappa shape index (κ3) is 4.49. The Morgan fingerprint density at radius 1 is 1.24 bits per heavy atom. The monoisotopic (exact) mass is 399 g/mol. The van der Waals surface area contributed by atoms with E-state index in [1.165, 1.54) is 0 Å². The largest absolute Gasteiger partial charge is 0.467 e. The van der Waals surface area contributed by atoms with Crippen molar-refractivity contribution in [3.8, 4) is 0 Å². The first-order valence-electron chi connectivity index (χ1n) is 6.64. The fourth-order valence-corrected chi connectivity index (χ4v) is 2.47. The normalized spacial score (nSPS) is 11.2. The van der Waals surface area contributed by atoms with Crippen LogP contribution in [-0.4, -0.2) is 11.7 Å². The van der Waals surface area contributed by atoms with Gasteiger partial charge in [0, 0.05) is 3.57 Å². The summed E-state index contributed by atoms with van der Waals surface area (Å²) in [4.78, 5) is 14.1. The van der Waals surface area contributed by atoms with Crippen molar-refractivity contribution in [3.05, 3.63) is 52.0 Å². The van der Waals surface area contributed by atoms with Crippen molar-refractivity contribution in [2.45, 2.75) is 32.9 Å². The van der Waals surface area contributed by atoms with Crippen LogP contribution in [0.15, 0.2) is 47.1 Å². The lowest BCUT2D eigenvalue weighted by atomic mass is 10.2. The lowest BCUT2D eigenvalue weighted by molar-refractivity contribution is 0.0575. The molecular weight excluding hydrogens is 381 g/mol. The lowest BCUT2D eigenvalue weighted by Gasteiger charge is -2.27. The SMILES string of the molecule is CC(C)(C)OC(=O)N(Cc1ccco1)c1ccccc1I. The van der Waals surface area contributed by atoms with Crippen molar-refractivity contribution in [1.29, 1.82) is 0 Å². The summed E-state index contributed by atoms with van der Waals surface area (Å²) in [7, 11) is 0. The highest BCUT2D eigenvalue weighted by Gasteiger charge is 2.25. The van der Waals surface area contributed by atoms with Gasteiger partial charge in [-0.25, -0.2) is 4.79 Å². The average Bonchev–Trinajstić information content (AvgIpc) is 2.88. The molecule has 21 heavy (non-hydrogen) atoms. The molecule has 0 bridgehead atoms. The Balaban J connectivity index is 2.30. The van der Waals surface area contributed by atoms with Crippen LogP contribution in [0.4, 0.5) is 10.5 Å². The van der Waals surface area contributed by atoms with Gasteiger partial charge in [0.25, 0.3) is 0 Å². The molecule has 0 fully saturated rings. The van der Waals surface area contributed by atoms with Crippen LogP contribution >= 0.6 is 22.6 Å². The van der Waals surface area contributed by atoms with Gasteiger partial charge in [0.15, 0.2) is 0 Å². The molecule has 0 saturated carbocycles. The van der Waals surface area contributed by atoms with Crippen molar-refractivity contribution < 1.29 is 13.9 Å². The van der Waals surface area contributed by atoms with E-state index in [1.807, 2.05) is 51.1 Å². The van der Waals surface area contributed by atoms with Crippen LogP contribution < -0.4 is 4.90 Å². The Bertz CT molecular complexity index is 602. The molecule has 0 aliphatic carbocycles. The predicted octanol–water partition coefficient (Wildman–Crippen LogP) is 4.83. The van der Waals surface area contributed by atoms with Crippen molar-refractivity contribution in [3.63, 3.8) is 0 Å². The molecule has 0 radical (unpaired) electrons. The molecule has 112 valence electrons. The highest BCUT2D eigenvalue weighted by atomic mass is 127. The van der Waals surface area contributed by atoms with Crippen LogP contribution in [0.2, 0.25) is 0 Å². The summed E-state index contributed by atoms with van der Waals surface area (Å²) < 4.78 is 11.8. The molecule has 1 aromatic heterocycles. The van der Waals surface area contributed by atoms with Gasteiger partial charge in [0.1, 0.15) is 11.4 Å². The molecular formula is C16H18INO3. The molecule has 0 aliphatic heterocycles. The second-order valence-electron chi connectivity index (χ2n) is 5.60. The number of rotatable bonds is 3. The minimum Gasteiger partial charge on any atom is -0.467 e. The molecule has 2 aromatic rings. The Morgan fingerprint density at radius 2 is 1.95 bits per heavy atom. The van der Waals surface area contributed by atoms with Crippen molar-refractivity contribution in [2.24, 2.45) is 0 Å². The average molecular weight is 399 g/mol. The number of furan rings is 1. The van der Waals surface area contributed by atoms with Gasteiger partial charge in [-0.3, -0.25) is 4.90 Å². The third-order valence-corrected chi connectivity index (χ3v) is 3.56. The molecule has 4 nitrogen and oxygen atoms in total. The zero-order valence-corrected chi connectivity index (χ0v) is 14.5. The molecule has 0 atom stereocenters. The first-order valence-corrected chi connectivity index (χ1v) is 7.72. The van der Waals surface area contributed by atoms with Crippen molar-refractivity contribution in [1.82, 2.24) is 0 Å². The predicted molar refractivity (Wildman–Crippen MR) is 90.3 cm³/mol. The maximum absolute atomic E-state index is 12.5. The van der Waals surface area contributed by atoms with E-state index < -0.39 is 5.60 Å². The zero-order chi connectivity index (χ0) is 15.5. The summed E-state index contributed by atoms with van der Waals surface area (Å²) >= 11 is 2.21. The molecule has 5 heteroatoms. The quantitative estimate of drug-likeness (QED) is 0.695. The van der Waals surface area contributed by atoms with E-state index in [0.29, 0.717) is 12.3 Å². The third-order valence-electron chi connectivity index (χ3n) is 2.65. The van der Waals surface area contributed by atoms with Crippen molar-refractivity contribution in [2.75, 3.05) is 4.90 Å². The number of hydrogen-bond acceptors (Lipinski definition) is 3. The topological polar surface area (TPSA) is 42.7 Å². The Morgan fingerprint density at radius 3 is 2.52 bits per heavy atom. The van der Waals surface area contributed by atoms with Gasteiger partial charge in [-0.05, 0) is 67.6 Å². The molecule has 1 amide bonds. The van der Waals surface area contributed by atoms with E-state index in [0.717, 1.165) is 9.26 Å². The maximum atomic E-state index is 12.5. The molecule has 0 N–H and O–H groups in total. The molecule has 0 unspecified atom stereocenters. The zero-order valence-electron chi connectivity index (χ0n) is 12.3. The fraction of sp³-hybridized carbons (Fsp3) is 0.312. The highest BCUT2D eigenvalue weighted by Crippen LogP contribution is 2.26. The number of nitrogens with zero attached hydrogens (tertiary/aromatic N) is 1. The summed E-state index contributed by atoms with van der Waals surface area (Å²) in [6, 6.07) is 11.3. The van der Waals surface area contributed by atoms with Gasteiger partial charge in [0.2, 0.25) is 0 Å². The van der Waals surface area contributed by atoms with Crippen LogP contribution in [-0.2, 0) is 11.3 Å². The molecule has 2 rings (SSSR count). The van der Waals surface area contributed by atoms with Gasteiger partial charge < -0.3 is 9.15 Å². The summed E-state index contributed by atoms with van der Waals surface area (Å²) in [6.07, 6.45) is 1.21. The second-order valence-corrected chi connectivity index (χ2v) is 6.76. The van der Waals surface area contributed by atoms with E-state index in [2.05, 4.69) is 22.6 Å². The van der Waals surface area contributed by atoms with Gasteiger partial charge in [-0.15, -0.1) is 0 Å². The number of amides is 1. The molecule has 1 aromatic carbocycles. The minimum absolute atomic E-state index is 0.335. The Labute approximate surface area is 138 Å². The Hall–Kier alpha value is -1.50. The Kier molecular flexibility index (Phi) is 4.92. The molecule has 0 aliphatic rings. The molecule has 0 saturated heterocycles.